The Bertz CT molecular complexity index is 307. The maximum Gasteiger partial charge on any atom is 1.00 e. The third-order valence-electron chi connectivity index (χ3n) is 2.99. The molecule has 1 heterocycles. The average Bonchev–Trinajstić information content (AvgIpc) is 2.44. The topological polar surface area (TPSA) is 55.4 Å². The van der Waals surface area contributed by atoms with Gasteiger partial charge in [-0.25, -0.2) is 6.58 Å². The van der Waals surface area contributed by atoms with Crippen molar-refractivity contribution >= 4 is 0 Å². The molecule has 0 unspecified atom stereocenters. The third-order valence-corrected chi connectivity index (χ3v) is 2.99. The van der Waals surface area contributed by atoms with Crippen molar-refractivity contribution in [3.8, 4) is 0 Å². The van der Waals surface area contributed by atoms with E-state index in [2.05, 4.69) is 18.6 Å². The summed E-state index contributed by atoms with van der Waals surface area (Å²) in [6.07, 6.45) is 0.285. The van der Waals surface area contributed by atoms with Crippen molar-refractivity contribution < 1.29 is 47.3 Å². The minimum Gasteiger partial charge on any atom is -0.560 e. The van der Waals surface area contributed by atoms with Crippen molar-refractivity contribution in [3.63, 3.8) is 0 Å². The molecule has 6 nitrogen and oxygen atoms in total. The van der Waals surface area contributed by atoms with Crippen LogP contribution in [0.3, 0.4) is 0 Å². The summed E-state index contributed by atoms with van der Waals surface area (Å²) in [5.41, 5.74) is 2.40. The van der Waals surface area contributed by atoms with Crippen molar-refractivity contribution in [2.75, 3.05) is 35.0 Å². The van der Waals surface area contributed by atoms with E-state index in [0.717, 1.165) is 0 Å². The quantitative estimate of drug-likeness (QED) is 0.223. The summed E-state index contributed by atoms with van der Waals surface area (Å²) in [4.78, 5) is 0. The minimum absolute atomic E-state index is 0. The van der Waals surface area contributed by atoms with Gasteiger partial charge in [-0.05, 0) is 6.26 Å². The van der Waals surface area contributed by atoms with Gasteiger partial charge in [0, 0.05) is 28.4 Å². The van der Waals surface area contributed by atoms with E-state index in [1.165, 1.54) is 0 Å². The first kappa shape index (κ1) is 19.7. The molecule has 7 heteroatoms. The smallest absolute Gasteiger partial charge is 0.560 e. The summed E-state index contributed by atoms with van der Waals surface area (Å²) < 4.78 is 32.4. The van der Waals surface area contributed by atoms with E-state index in [0.29, 0.717) is 6.61 Å². The number of rotatable bonds is 7. The molecule has 5 atom stereocenters. The van der Waals surface area contributed by atoms with E-state index in [9.17, 15) is 0 Å². The summed E-state index contributed by atoms with van der Waals surface area (Å²) >= 11 is 0. The van der Waals surface area contributed by atoms with Gasteiger partial charge in [0.05, 0.1) is 6.61 Å². The fraction of sp³-hybridized carbons (Fsp3) is 0.769. The fourth-order valence-electron chi connectivity index (χ4n) is 2.17. The van der Waals surface area contributed by atoms with Crippen LogP contribution >= 0.6 is 0 Å². The predicted molar refractivity (Wildman–Crippen MR) is 66.4 cm³/mol. The third kappa shape index (κ3) is 4.63. The fourth-order valence-corrected chi connectivity index (χ4v) is 2.17. The molecule has 0 bridgehead atoms. The second-order valence-electron chi connectivity index (χ2n) is 4.00. The second-order valence-corrected chi connectivity index (χ2v) is 4.00. The van der Waals surface area contributed by atoms with E-state index < -0.39 is 12.4 Å². The van der Waals surface area contributed by atoms with Crippen molar-refractivity contribution in [2.24, 2.45) is 0 Å². The zero-order valence-corrected chi connectivity index (χ0v) is 12.8. The van der Waals surface area contributed by atoms with Crippen LogP contribution in [-0.2, 0) is 28.4 Å². The van der Waals surface area contributed by atoms with Gasteiger partial charge in [0.1, 0.15) is 24.4 Å². The van der Waals surface area contributed by atoms with E-state index in [1.54, 1.807) is 28.4 Å². The number of ether oxygens (including phenoxy) is 6. The molecular formula is C13H21LiO6. The van der Waals surface area contributed by atoms with Gasteiger partial charge in [0.15, 0.2) is 0 Å². The number of hydrogen-bond acceptors (Lipinski definition) is 6. The molecule has 0 N–H and O–H groups in total. The molecule has 110 valence electrons. The Kier molecular flexibility index (Phi) is 10.3. The van der Waals surface area contributed by atoms with Crippen molar-refractivity contribution in [3.05, 3.63) is 18.6 Å². The Morgan fingerprint density at radius 3 is 2.10 bits per heavy atom. The van der Waals surface area contributed by atoms with Crippen molar-refractivity contribution in [1.82, 2.24) is 0 Å². The van der Waals surface area contributed by atoms with E-state index in [-0.39, 0.29) is 37.2 Å². The van der Waals surface area contributed by atoms with Gasteiger partial charge in [-0.15, -0.1) is 0 Å². The Morgan fingerprint density at radius 1 is 1.05 bits per heavy atom. The minimum atomic E-state index is -0.684. The molecule has 1 fully saturated rings. The largest absolute Gasteiger partial charge is 1.00 e. The van der Waals surface area contributed by atoms with Crippen LogP contribution in [-0.4, -0.2) is 65.8 Å². The Balaban J connectivity index is 0.00000361. The summed E-state index contributed by atoms with van der Waals surface area (Å²) in [5, 5.41) is 0. The van der Waals surface area contributed by atoms with Crippen LogP contribution in [0.5, 0.6) is 0 Å². The van der Waals surface area contributed by atoms with Gasteiger partial charge < -0.3 is 28.4 Å². The van der Waals surface area contributed by atoms with Gasteiger partial charge in [-0.2, -0.15) is 0 Å². The van der Waals surface area contributed by atoms with Gasteiger partial charge in [0.25, 0.3) is 0 Å². The molecule has 0 aromatic carbocycles. The molecule has 20 heavy (non-hydrogen) atoms. The number of methoxy groups -OCH3 is 4. The normalized spacial score (nSPS) is 32.9. The van der Waals surface area contributed by atoms with E-state index >= 15 is 0 Å². The summed E-state index contributed by atoms with van der Waals surface area (Å²) in [6, 6.07) is 0. The van der Waals surface area contributed by atoms with E-state index in [1.807, 2.05) is 0 Å². The molecule has 1 rings (SSSR count). The predicted octanol–water partition coefficient (Wildman–Crippen LogP) is -2.47. The molecule has 1 aliphatic heterocycles. The van der Waals surface area contributed by atoms with Crippen LogP contribution in [0, 0.1) is 6.26 Å². The Morgan fingerprint density at radius 2 is 1.65 bits per heavy atom. The molecule has 0 aliphatic carbocycles. The zero-order chi connectivity index (χ0) is 14.3. The van der Waals surface area contributed by atoms with Crippen LogP contribution < -0.4 is 18.9 Å². The van der Waals surface area contributed by atoms with Crippen LogP contribution in [0.2, 0.25) is 0 Å². The first-order chi connectivity index (χ1) is 9.23. The summed E-state index contributed by atoms with van der Waals surface area (Å²) in [6.45, 7) is 3.74. The Hall–Kier alpha value is -0.283. The first-order valence-corrected chi connectivity index (χ1v) is 5.89. The SMILES string of the molecule is C=C=[C-]O[C@H]1O[C@H](COC)[C@@H](OC)[C@H](OC)[C@H]1OC.[Li+]. The maximum atomic E-state index is 5.76. The molecule has 0 saturated carbocycles. The Labute approximate surface area is 132 Å². The van der Waals surface area contributed by atoms with Gasteiger partial charge in [-0.1, -0.05) is 0 Å². The second kappa shape index (κ2) is 10.4. The van der Waals surface area contributed by atoms with Crippen LogP contribution in [0.25, 0.3) is 0 Å². The summed E-state index contributed by atoms with van der Waals surface area (Å²) in [5.74, 6) is 0. The monoisotopic (exact) mass is 280 g/mol. The molecule has 1 saturated heterocycles. The molecule has 0 amide bonds. The first-order valence-electron chi connectivity index (χ1n) is 5.89. The standard InChI is InChI=1S/C13H21O6.Li/c1-6-7-18-13-12(17-5)11(16-4)10(15-3)9(19-13)8-14-2;/h9-13H,1,8H2,2-5H3;/q-1;+1/t9-,10-,11+,12-,13+;/m1./s1. The zero-order valence-electron chi connectivity index (χ0n) is 12.8. The molecule has 0 radical (unpaired) electrons. The number of hydrogen-bond donors (Lipinski definition) is 0. The van der Waals surface area contributed by atoms with Gasteiger partial charge >= 0.3 is 18.9 Å². The molecule has 0 aromatic heterocycles. The maximum absolute atomic E-state index is 5.76. The van der Waals surface area contributed by atoms with Crippen LogP contribution in [0.4, 0.5) is 0 Å². The molecule has 0 aromatic rings. The van der Waals surface area contributed by atoms with Crippen LogP contribution in [0.15, 0.2) is 12.3 Å². The van der Waals surface area contributed by atoms with E-state index in [4.69, 9.17) is 28.4 Å². The molecule has 0 spiro atoms. The summed E-state index contributed by atoms with van der Waals surface area (Å²) in [7, 11) is 6.32. The van der Waals surface area contributed by atoms with Gasteiger partial charge in [-0.3, -0.25) is 5.73 Å². The van der Waals surface area contributed by atoms with Crippen molar-refractivity contribution in [1.29, 1.82) is 0 Å². The van der Waals surface area contributed by atoms with Crippen LogP contribution in [0.1, 0.15) is 0 Å². The van der Waals surface area contributed by atoms with Gasteiger partial charge in [0.2, 0.25) is 6.29 Å². The molecular weight excluding hydrogens is 259 g/mol. The molecule has 1 aliphatic rings. The van der Waals surface area contributed by atoms with Crippen molar-refractivity contribution in [2.45, 2.75) is 30.7 Å². The average molecular weight is 280 g/mol.